The van der Waals surface area contributed by atoms with Crippen LogP contribution in [-0.2, 0) is 11.2 Å². The van der Waals surface area contributed by atoms with E-state index < -0.39 is 0 Å². The third-order valence-electron chi connectivity index (χ3n) is 2.74. The largest absolute Gasteiger partial charge is 0.398 e. The number of nitrogens with two attached hydrogens (primary N) is 1. The number of hydrogen-bond donors (Lipinski definition) is 3. The molecule has 0 aliphatic rings. The van der Waals surface area contributed by atoms with Crippen molar-refractivity contribution < 1.29 is 9.90 Å². The Morgan fingerprint density at radius 3 is 2.76 bits per heavy atom. The Bertz CT molecular complexity index is 366. The number of para-hydroxylation sites is 1. The predicted molar refractivity (Wildman–Crippen MR) is 68.5 cm³/mol. The molecule has 94 valence electrons. The summed E-state index contributed by atoms with van der Waals surface area (Å²) in [4.78, 5) is 11.8. The van der Waals surface area contributed by atoms with Crippen molar-refractivity contribution in [2.75, 3.05) is 12.3 Å². The highest BCUT2D eigenvalue weighted by Gasteiger charge is 2.11. The number of carbonyl (C=O) groups excluding carboxylic acids is 1. The zero-order valence-corrected chi connectivity index (χ0v) is 10.1. The Labute approximate surface area is 102 Å². The molecule has 0 spiro atoms. The summed E-state index contributed by atoms with van der Waals surface area (Å²) in [6.07, 6.45) is 1.69. The summed E-state index contributed by atoms with van der Waals surface area (Å²) in [6.45, 7) is 2.07. The van der Waals surface area contributed by atoms with Crippen LogP contribution in [0.1, 0.15) is 25.3 Å². The van der Waals surface area contributed by atoms with Crippen molar-refractivity contribution in [2.24, 2.45) is 0 Å². The van der Waals surface area contributed by atoms with Crippen LogP contribution in [0.2, 0.25) is 0 Å². The standard InChI is InChI=1S/C13H20N2O2/c1-2-11(7-8-16)15-13(17)9-10-5-3-4-6-12(10)14/h3-6,11,16H,2,7-9,14H2,1H3,(H,15,17). The molecule has 0 saturated heterocycles. The maximum Gasteiger partial charge on any atom is 0.224 e. The molecule has 1 aromatic rings. The first kappa shape index (κ1) is 13.5. The second-order valence-electron chi connectivity index (χ2n) is 4.06. The van der Waals surface area contributed by atoms with Crippen LogP contribution in [-0.4, -0.2) is 23.7 Å². The van der Waals surface area contributed by atoms with Gasteiger partial charge in [-0.2, -0.15) is 0 Å². The molecule has 0 bridgehead atoms. The fourth-order valence-electron chi connectivity index (χ4n) is 1.68. The van der Waals surface area contributed by atoms with E-state index in [2.05, 4.69) is 5.32 Å². The van der Waals surface area contributed by atoms with E-state index in [0.29, 0.717) is 12.1 Å². The van der Waals surface area contributed by atoms with E-state index in [1.165, 1.54) is 0 Å². The number of aliphatic hydroxyl groups excluding tert-OH is 1. The van der Waals surface area contributed by atoms with Gasteiger partial charge in [0, 0.05) is 18.3 Å². The number of carbonyl (C=O) groups is 1. The minimum atomic E-state index is -0.0526. The molecule has 17 heavy (non-hydrogen) atoms. The summed E-state index contributed by atoms with van der Waals surface area (Å²) in [6, 6.07) is 7.38. The highest BCUT2D eigenvalue weighted by molar-refractivity contribution is 5.80. The number of nitrogens with one attached hydrogen (secondary N) is 1. The molecule has 0 heterocycles. The monoisotopic (exact) mass is 236 g/mol. The van der Waals surface area contributed by atoms with E-state index >= 15 is 0 Å². The van der Waals surface area contributed by atoms with E-state index in [9.17, 15) is 4.79 Å². The molecule has 1 amide bonds. The van der Waals surface area contributed by atoms with Gasteiger partial charge in [-0.1, -0.05) is 25.1 Å². The molecule has 1 aromatic carbocycles. The number of hydrogen-bond acceptors (Lipinski definition) is 3. The molecule has 0 aliphatic heterocycles. The van der Waals surface area contributed by atoms with E-state index in [0.717, 1.165) is 12.0 Å². The number of nitrogen functional groups attached to an aromatic ring is 1. The molecule has 0 aromatic heterocycles. The van der Waals surface area contributed by atoms with Gasteiger partial charge in [0.1, 0.15) is 0 Å². The average molecular weight is 236 g/mol. The summed E-state index contributed by atoms with van der Waals surface area (Å²) in [5, 5.41) is 11.7. The van der Waals surface area contributed by atoms with Gasteiger partial charge < -0.3 is 16.2 Å². The van der Waals surface area contributed by atoms with Crippen molar-refractivity contribution in [3.05, 3.63) is 29.8 Å². The van der Waals surface area contributed by atoms with Gasteiger partial charge in [0.15, 0.2) is 0 Å². The summed E-state index contributed by atoms with van der Waals surface area (Å²) in [5.41, 5.74) is 7.24. The Kier molecular flexibility index (Phi) is 5.49. The van der Waals surface area contributed by atoms with Crippen LogP contribution in [0.4, 0.5) is 5.69 Å². The molecule has 0 aliphatic carbocycles. The zero-order chi connectivity index (χ0) is 12.7. The lowest BCUT2D eigenvalue weighted by molar-refractivity contribution is -0.121. The summed E-state index contributed by atoms with van der Waals surface area (Å²) in [5.74, 6) is -0.0526. The average Bonchev–Trinajstić information content (AvgIpc) is 2.31. The normalized spacial score (nSPS) is 12.1. The van der Waals surface area contributed by atoms with Crippen LogP contribution in [0.5, 0.6) is 0 Å². The molecule has 0 saturated carbocycles. The van der Waals surface area contributed by atoms with Crippen LogP contribution in [0.25, 0.3) is 0 Å². The number of benzene rings is 1. The molecular weight excluding hydrogens is 216 g/mol. The van der Waals surface area contributed by atoms with Gasteiger partial charge in [0.05, 0.1) is 6.42 Å². The van der Waals surface area contributed by atoms with Gasteiger partial charge in [-0.05, 0) is 24.5 Å². The van der Waals surface area contributed by atoms with Crippen molar-refractivity contribution in [2.45, 2.75) is 32.2 Å². The van der Waals surface area contributed by atoms with Crippen LogP contribution >= 0.6 is 0 Å². The van der Waals surface area contributed by atoms with Gasteiger partial charge >= 0.3 is 0 Å². The quantitative estimate of drug-likeness (QED) is 0.647. The number of anilines is 1. The minimum absolute atomic E-state index is 0.0393. The van der Waals surface area contributed by atoms with E-state index in [4.69, 9.17) is 10.8 Å². The zero-order valence-electron chi connectivity index (χ0n) is 10.1. The van der Waals surface area contributed by atoms with Crippen LogP contribution in [0.3, 0.4) is 0 Å². The van der Waals surface area contributed by atoms with E-state index in [1.807, 2.05) is 25.1 Å². The Morgan fingerprint density at radius 1 is 1.47 bits per heavy atom. The number of amides is 1. The third-order valence-corrected chi connectivity index (χ3v) is 2.74. The summed E-state index contributed by atoms with van der Waals surface area (Å²) in [7, 11) is 0. The second-order valence-corrected chi connectivity index (χ2v) is 4.06. The Hall–Kier alpha value is -1.55. The first-order valence-corrected chi connectivity index (χ1v) is 5.91. The SMILES string of the molecule is CCC(CCO)NC(=O)Cc1ccccc1N. The molecule has 0 fully saturated rings. The van der Waals surface area contributed by atoms with E-state index in [-0.39, 0.29) is 25.0 Å². The summed E-state index contributed by atoms with van der Waals surface area (Å²) >= 11 is 0. The molecule has 4 heteroatoms. The van der Waals surface area contributed by atoms with Crippen LogP contribution in [0, 0.1) is 0 Å². The van der Waals surface area contributed by atoms with Crippen molar-refractivity contribution in [3.63, 3.8) is 0 Å². The molecule has 4 N–H and O–H groups in total. The summed E-state index contributed by atoms with van der Waals surface area (Å²) < 4.78 is 0. The lowest BCUT2D eigenvalue weighted by Crippen LogP contribution is -2.36. The first-order chi connectivity index (χ1) is 8.17. The fraction of sp³-hybridized carbons (Fsp3) is 0.462. The topological polar surface area (TPSA) is 75.3 Å². The van der Waals surface area contributed by atoms with Crippen molar-refractivity contribution in [1.82, 2.24) is 5.32 Å². The molecule has 1 rings (SSSR count). The Balaban J connectivity index is 2.52. The lowest BCUT2D eigenvalue weighted by Gasteiger charge is -2.16. The van der Waals surface area contributed by atoms with Crippen molar-refractivity contribution in [1.29, 1.82) is 0 Å². The smallest absolute Gasteiger partial charge is 0.224 e. The maximum atomic E-state index is 11.8. The Morgan fingerprint density at radius 2 is 2.18 bits per heavy atom. The van der Waals surface area contributed by atoms with Crippen LogP contribution in [0.15, 0.2) is 24.3 Å². The molecule has 1 unspecified atom stereocenters. The minimum Gasteiger partial charge on any atom is -0.398 e. The van der Waals surface area contributed by atoms with E-state index in [1.54, 1.807) is 6.07 Å². The molecule has 0 radical (unpaired) electrons. The highest BCUT2D eigenvalue weighted by atomic mass is 16.3. The third kappa shape index (κ3) is 4.44. The fourth-order valence-corrected chi connectivity index (χ4v) is 1.68. The molecule has 1 atom stereocenters. The lowest BCUT2D eigenvalue weighted by atomic mass is 10.1. The van der Waals surface area contributed by atoms with Gasteiger partial charge in [-0.3, -0.25) is 4.79 Å². The first-order valence-electron chi connectivity index (χ1n) is 5.91. The maximum absolute atomic E-state index is 11.8. The van der Waals surface area contributed by atoms with Gasteiger partial charge in [0.2, 0.25) is 5.91 Å². The number of aliphatic hydroxyl groups is 1. The van der Waals surface area contributed by atoms with Crippen molar-refractivity contribution >= 4 is 11.6 Å². The molecule has 4 nitrogen and oxygen atoms in total. The van der Waals surface area contributed by atoms with Crippen molar-refractivity contribution in [3.8, 4) is 0 Å². The predicted octanol–water partition coefficient (Wildman–Crippen LogP) is 1.09. The second kappa shape index (κ2) is 6.91. The number of rotatable bonds is 6. The van der Waals surface area contributed by atoms with Gasteiger partial charge in [-0.15, -0.1) is 0 Å². The molecular formula is C13H20N2O2. The van der Waals surface area contributed by atoms with Gasteiger partial charge in [-0.25, -0.2) is 0 Å². The van der Waals surface area contributed by atoms with Gasteiger partial charge in [0.25, 0.3) is 0 Å². The van der Waals surface area contributed by atoms with Crippen LogP contribution < -0.4 is 11.1 Å². The highest BCUT2D eigenvalue weighted by Crippen LogP contribution is 2.11.